The van der Waals surface area contributed by atoms with Crippen LogP contribution in [0.4, 0.5) is 0 Å². The largest absolute Gasteiger partial charge is 0.389 e. The van der Waals surface area contributed by atoms with Gasteiger partial charge in [0.25, 0.3) is 10.1 Å². The van der Waals surface area contributed by atoms with Gasteiger partial charge in [-0.05, 0) is 6.42 Å². The van der Waals surface area contributed by atoms with E-state index in [4.69, 9.17) is 11.6 Å². The van der Waals surface area contributed by atoms with Crippen molar-refractivity contribution < 1.29 is 17.7 Å². The van der Waals surface area contributed by atoms with E-state index in [2.05, 4.69) is 11.1 Å². The summed E-state index contributed by atoms with van der Waals surface area (Å²) < 4.78 is 26.1. The first-order valence-electron chi connectivity index (χ1n) is 7.03. The molecule has 0 saturated heterocycles. The fourth-order valence-corrected chi connectivity index (χ4v) is 2.40. The van der Waals surface area contributed by atoms with Crippen molar-refractivity contribution in [1.82, 2.24) is 0 Å². The van der Waals surface area contributed by atoms with Gasteiger partial charge in [0.1, 0.15) is 0 Å². The van der Waals surface area contributed by atoms with Crippen molar-refractivity contribution in [2.45, 2.75) is 69.8 Å². The summed E-state index contributed by atoms with van der Waals surface area (Å²) in [6.07, 6.45) is 9.03. The molecule has 0 rings (SSSR count). The van der Waals surface area contributed by atoms with Crippen LogP contribution in [0.25, 0.3) is 0 Å². The van der Waals surface area contributed by atoms with Crippen LogP contribution in [0.15, 0.2) is 0 Å². The van der Waals surface area contributed by atoms with Gasteiger partial charge in [-0.15, -0.1) is 11.6 Å². The molecule has 0 fully saturated rings. The molecule has 2 atom stereocenters. The smallest absolute Gasteiger partial charge is 0.264 e. The van der Waals surface area contributed by atoms with E-state index in [1.54, 1.807) is 0 Å². The summed E-state index contributed by atoms with van der Waals surface area (Å²) in [5.41, 5.74) is 0. The highest BCUT2D eigenvalue weighted by atomic mass is 35.5. The second kappa shape index (κ2) is 10.9. The standard InChI is InChI=1S/C13H27ClO4S/c1-3-4-5-6-7-8-9-10-12(14)13(15)11-18-19(2,16)17/h12-13,15H,3-11H2,1-2H3/t12-,13-/m0/s1. The predicted molar refractivity (Wildman–Crippen MR) is 79.1 cm³/mol. The fourth-order valence-electron chi connectivity index (χ4n) is 1.79. The molecule has 0 bridgehead atoms. The summed E-state index contributed by atoms with van der Waals surface area (Å²) in [5, 5.41) is 9.19. The molecule has 0 aliphatic heterocycles. The summed E-state index contributed by atoms with van der Waals surface area (Å²) in [4.78, 5) is 0. The monoisotopic (exact) mass is 314 g/mol. The van der Waals surface area contributed by atoms with Crippen LogP contribution in [0.2, 0.25) is 0 Å². The highest BCUT2D eigenvalue weighted by molar-refractivity contribution is 7.85. The summed E-state index contributed by atoms with van der Waals surface area (Å²) in [7, 11) is -3.51. The van der Waals surface area contributed by atoms with E-state index in [9.17, 15) is 13.5 Å². The Kier molecular flexibility index (Phi) is 11.0. The van der Waals surface area contributed by atoms with Gasteiger partial charge in [0.15, 0.2) is 0 Å². The highest BCUT2D eigenvalue weighted by Gasteiger charge is 2.18. The molecule has 0 aromatic carbocycles. The van der Waals surface area contributed by atoms with Crippen LogP contribution >= 0.6 is 11.6 Å². The first-order chi connectivity index (χ1) is 8.87. The van der Waals surface area contributed by atoms with E-state index in [0.717, 1.165) is 19.1 Å². The van der Waals surface area contributed by atoms with E-state index in [-0.39, 0.29) is 6.61 Å². The van der Waals surface area contributed by atoms with Crippen LogP contribution in [-0.2, 0) is 14.3 Å². The molecule has 0 aliphatic carbocycles. The van der Waals surface area contributed by atoms with Gasteiger partial charge in [-0.3, -0.25) is 4.18 Å². The van der Waals surface area contributed by atoms with Crippen LogP contribution in [-0.4, -0.2) is 37.9 Å². The molecule has 0 aromatic heterocycles. The Morgan fingerprint density at radius 3 is 2.16 bits per heavy atom. The average molecular weight is 315 g/mol. The third-order valence-corrected chi connectivity index (χ3v) is 4.03. The molecule has 0 heterocycles. The molecule has 0 amide bonds. The molecule has 0 aromatic rings. The molecule has 4 nitrogen and oxygen atoms in total. The number of unbranched alkanes of at least 4 members (excludes halogenated alkanes) is 6. The number of hydrogen-bond acceptors (Lipinski definition) is 4. The minimum atomic E-state index is -3.51. The van der Waals surface area contributed by atoms with Crippen LogP contribution < -0.4 is 0 Å². The average Bonchev–Trinajstić information content (AvgIpc) is 2.33. The van der Waals surface area contributed by atoms with Crippen LogP contribution in [0.3, 0.4) is 0 Å². The molecule has 0 radical (unpaired) electrons. The Morgan fingerprint density at radius 2 is 1.63 bits per heavy atom. The molecule has 0 unspecified atom stereocenters. The van der Waals surface area contributed by atoms with Crippen molar-refractivity contribution in [2.24, 2.45) is 0 Å². The topological polar surface area (TPSA) is 63.6 Å². The molecular weight excluding hydrogens is 288 g/mol. The lowest BCUT2D eigenvalue weighted by atomic mass is 10.1. The van der Waals surface area contributed by atoms with Crippen molar-refractivity contribution in [1.29, 1.82) is 0 Å². The van der Waals surface area contributed by atoms with Gasteiger partial charge < -0.3 is 5.11 Å². The first kappa shape index (κ1) is 19.2. The van der Waals surface area contributed by atoms with Crippen LogP contribution in [0.1, 0.15) is 58.3 Å². The predicted octanol–water partition coefficient (Wildman–Crippen LogP) is 3.07. The second-order valence-electron chi connectivity index (χ2n) is 4.98. The van der Waals surface area contributed by atoms with E-state index in [1.165, 1.54) is 32.1 Å². The van der Waals surface area contributed by atoms with Crippen molar-refractivity contribution in [2.75, 3.05) is 12.9 Å². The first-order valence-corrected chi connectivity index (χ1v) is 9.28. The number of hydrogen-bond donors (Lipinski definition) is 1. The lowest BCUT2D eigenvalue weighted by Crippen LogP contribution is -2.27. The van der Waals surface area contributed by atoms with Gasteiger partial charge in [-0.2, -0.15) is 8.42 Å². The van der Waals surface area contributed by atoms with E-state index in [1.807, 2.05) is 0 Å². The van der Waals surface area contributed by atoms with Crippen molar-refractivity contribution >= 4 is 21.7 Å². The molecular formula is C13H27ClO4S. The maximum absolute atomic E-state index is 10.8. The number of alkyl halides is 1. The lowest BCUT2D eigenvalue weighted by molar-refractivity contribution is 0.104. The van der Waals surface area contributed by atoms with Crippen LogP contribution in [0.5, 0.6) is 0 Å². The second-order valence-corrected chi connectivity index (χ2v) is 7.19. The Bertz CT molecular complexity index is 306. The molecule has 1 N–H and O–H groups in total. The zero-order chi connectivity index (χ0) is 14.7. The van der Waals surface area contributed by atoms with Gasteiger partial charge in [-0.1, -0.05) is 51.9 Å². The molecule has 0 saturated carbocycles. The highest BCUT2D eigenvalue weighted by Crippen LogP contribution is 2.15. The third-order valence-electron chi connectivity index (χ3n) is 2.95. The van der Waals surface area contributed by atoms with Crippen LogP contribution in [0, 0.1) is 0 Å². The summed E-state index contributed by atoms with van der Waals surface area (Å²) in [6.45, 7) is 1.93. The SMILES string of the molecule is CCCCCCCCC[C@H](Cl)[C@@H](O)COS(C)(=O)=O. The lowest BCUT2D eigenvalue weighted by Gasteiger charge is -2.16. The normalized spacial score (nSPS) is 15.4. The van der Waals surface area contributed by atoms with Gasteiger partial charge in [0, 0.05) is 0 Å². The van der Waals surface area contributed by atoms with Gasteiger partial charge in [0.05, 0.1) is 24.3 Å². The summed E-state index contributed by atoms with van der Waals surface area (Å²) in [5.74, 6) is 0. The van der Waals surface area contributed by atoms with Gasteiger partial charge in [-0.25, -0.2) is 0 Å². The van der Waals surface area contributed by atoms with Gasteiger partial charge in [0.2, 0.25) is 0 Å². The van der Waals surface area contributed by atoms with Crippen molar-refractivity contribution in [3.05, 3.63) is 0 Å². The number of halogens is 1. The minimum Gasteiger partial charge on any atom is -0.389 e. The summed E-state index contributed by atoms with van der Waals surface area (Å²) in [6, 6.07) is 0. The third kappa shape index (κ3) is 12.9. The quantitative estimate of drug-likeness (QED) is 0.341. The van der Waals surface area contributed by atoms with Crippen molar-refractivity contribution in [3.8, 4) is 0 Å². The molecule has 19 heavy (non-hydrogen) atoms. The van der Waals surface area contributed by atoms with E-state index in [0.29, 0.717) is 6.42 Å². The maximum Gasteiger partial charge on any atom is 0.264 e. The minimum absolute atomic E-state index is 0.260. The zero-order valence-corrected chi connectivity index (χ0v) is 13.5. The Morgan fingerprint density at radius 1 is 1.11 bits per heavy atom. The number of aliphatic hydroxyl groups is 1. The Balaban J connectivity index is 3.54. The van der Waals surface area contributed by atoms with Gasteiger partial charge >= 0.3 is 0 Å². The van der Waals surface area contributed by atoms with E-state index >= 15 is 0 Å². The molecule has 0 aliphatic rings. The molecule has 6 heteroatoms. The Hall–Kier alpha value is 0.160. The summed E-state index contributed by atoms with van der Waals surface area (Å²) >= 11 is 6.00. The zero-order valence-electron chi connectivity index (χ0n) is 12.0. The number of aliphatic hydroxyl groups excluding tert-OH is 1. The maximum atomic E-state index is 10.8. The Labute approximate surface area is 122 Å². The van der Waals surface area contributed by atoms with E-state index < -0.39 is 21.6 Å². The molecule has 0 spiro atoms. The number of rotatable bonds is 12. The van der Waals surface area contributed by atoms with Crippen molar-refractivity contribution in [3.63, 3.8) is 0 Å². The fraction of sp³-hybridized carbons (Fsp3) is 1.00. The molecule has 116 valence electrons.